The van der Waals surface area contributed by atoms with Crippen LogP contribution in [-0.2, 0) is 6.42 Å². The highest BCUT2D eigenvalue weighted by Crippen LogP contribution is 2.21. The van der Waals surface area contributed by atoms with Gasteiger partial charge in [0.1, 0.15) is 5.75 Å². The van der Waals surface area contributed by atoms with Gasteiger partial charge in [0.05, 0.1) is 7.11 Å². The first kappa shape index (κ1) is 8.12. The van der Waals surface area contributed by atoms with E-state index in [2.05, 4.69) is 13.8 Å². The molecule has 0 aliphatic rings. The van der Waals surface area contributed by atoms with Crippen LogP contribution < -0.4 is 4.74 Å². The highest BCUT2D eigenvalue weighted by atomic mass is 16.5. The maximum Gasteiger partial charge on any atom is 0.122 e. The second-order valence-corrected chi connectivity index (χ2v) is 2.45. The second kappa shape index (κ2) is 3.42. The zero-order valence-corrected chi connectivity index (χ0v) is 7.05. The monoisotopic (exact) mass is 149 g/mol. The molecule has 0 N–H and O–H groups in total. The minimum absolute atomic E-state index is 0.944. The Hall–Kier alpha value is -0.980. The van der Waals surface area contributed by atoms with E-state index >= 15 is 0 Å². The minimum Gasteiger partial charge on any atom is -0.496 e. The van der Waals surface area contributed by atoms with Crippen LogP contribution in [0.15, 0.2) is 18.2 Å². The molecule has 0 fully saturated rings. The van der Waals surface area contributed by atoms with Crippen LogP contribution in [0.25, 0.3) is 0 Å². The van der Waals surface area contributed by atoms with Gasteiger partial charge in [-0.2, -0.15) is 0 Å². The van der Waals surface area contributed by atoms with Crippen molar-refractivity contribution in [1.82, 2.24) is 0 Å². The first-order valence-electron chi connectivity index (χ1n) is 3.77. The molecule has 59 valence electrons. The van der Waals surface area contributed by atoms with Gasteiger partial charge in [-0.25, -0.2) is 0 Å². The summed E-state index contributed by atoms with van der Waals surface area (Å²) < 4.78 is 5.18. The molecule has 0 saturated carbocycles. The van der Waals surface area contributed by atoms with E-state index in [1.54, 1.807) is 7.11 Å². The minimum atomic E-state index is 0.944. The van der Waals surface area contributed by atoms with Crippen molar-refractivity contribution in [3.8, 4) is 5.75 Å². The van der Waals surface area contributed by atoms with Crippen LogP contribution in [0, 0.1) is 6.92 Å². The highest BCUT2D eigenvalue weighted by Gasteiger charge is 2.01. The van der Waals surface area contributed by atoms with E-state index in [-0.39, 0.29) is 0 Å². The third-order valence-corrected chi connectivity index (χ3v) is 1.80. The van der Waals surface area contributed by atoms with Crippen molar-refractivity contribution in [3.05, 3.63) is 36.2 Å². The predicted molar refractivity (Wildman–Crippen MR) is 46.8 cm³/mol. The third kappa shape index (κ3) is 1.53. The van der Waals surface area contributed by atoms with E-state index in [1.807, 2.05) is 18.2 Å². The zero-order chi connectivity index (χ0) is 8.27. The van der Waals surface area contributed by atoms with Crippen molar-refractivity contribution in [3.63, 3.8) is 0 Å². The fourth-order valence-electron chi connectivity index (χ4n) is 1.20. The summed E-state index contributed by atoms with van der Waals surface area (Å²) in [6, 6.07) is 5.93. The number of hydrogen-bond donors (Lipinski definition) is 0. The van der Waals surface area contributed by atoms with Crippen LogP contribution in [0.5, 0.6) is 5.75 Å². The Balaban J connectivity index is 3.13. The van der Waals surface area contributed by atoms with Gasteiger partial charge in [0.25, 0.3) is 0 Å². The topological polar surface area (TPSA) is 9.23 Å². The number of hydrogen-bond acceptors (Lipinski definition) is 1. The molecule has 1 aromatic carbocycles. The first-order valence-corrected chi connectivity index (χ1v) is 3.77. The van der Waals surface area contributed by atoms with Crippen molar-refractivity contribution in [2.24, 2.45) is 0 Å². The van der Waals surface area contributed by atoms with Crippen LogP contribution >= 0.6 is 0 Å². The van der Waals surface area contributed by atoms with Gasteiger partial charge in [0.15, 0.2) is 0 Å². The molecule has 0 heterocycles. The summed E-state index contributed by atoms with van der Waals surface area (Å²) in [5.41, 5.74) is 2.27. The molecule has 0 bridgehead atoms. The summed E-state index contributed by atoms with van der Waals surface area (Å²) in [5, 5.41) is 0. The Morgan fingerprint density at radius 2 is 2.18 bits per heavy atom. The summed E-state index contributed by atoms with van der Waals surface area (Å²) >= 11 is 0. The van der Waals surface area contributed by atoms with Crippen LogP contribution in [0.2, 0.25) is 0 Å². The molecule has 0 unspecified atom stereocenters. The molecule has 0 atom stereocenters. The summed E-state index contributed by atoms with van der Waals surface area (Å²) in [6.07, 6.45) is 0.975. The molecule has 0 aliphatic carbocycles. The Bertz CT molecular complexity index is 241. The maximum atomic E-state index is 5.18. The van der Waals surface area contributed by atoms with Gasteiger partial charge < -0.3 is 4.74 Å². The summed E-state index contributed by atoms with van der Waals surface area (Å²) in [5.74, 6) is 0.944. The van der Waals surface area contributed by atoms with Gasteiger partial charge in [0.2, 0.25) is 0 Å². The zero-order valence-electron chi connectivity index (χ0n) is 7.05. The van der Waals surface area contributed by atoms with Gasteiger partial charge in [-0.3, -0.25) is 0 Å². The van der Waals surface area contributed by atoms with Crippen LogP contribution in [0.3, 0.4) is 0 Å². The molecule has 0 saturated heterocycles. The van der Waals surface area contributed by atoms with Crippen molar-refractivity contribution < 1.29 is 4.74 Å². The fourth-order valence-corrected chi connectivity index (χ4v) is 1.20. The van der Waals surface area contributed by atoms with E-state index in [0.29, 0.717) is 0 Å². The smallest absolute Gasteiger partial charge is 0.122 e. The van der Waals surface area contributed by atoms with Crippen molar-refractivity contribution in [2.75, 3.05) is 7.11 Å². The number of methoxy groups -OCH3 is 1. The Labute approximate surface area is 68.0 Å². The largest absolute Gasteiger partial charge is 0.496 e. The lowest BCUT2D eigenvalue weighted by Gasteiger charge is -2.08. The summed E-state index contributed by atoms with van der Waals surface area (Å²) in [6.45, 7) is 6.02. The van der Waals surface area contributed by atoms with Crippen molar-refractivity contribution in [1.29, 1.82) is 0 Å². The molecule has 1 aromatic rings. The Kier molecular flexibility index (Phi) is 2.53. The van der Waals surface area contributed by atoms with Crippen LogP contribution in [-0.4, -0.2) is 7.11 Å². The van der Waals surface area contributed by atoms with Gasteiger partial charge in [-0.15, -0.1) is 0 Å². The van der Waals surface area contributed by atoms with Gasteiger partial charge in [-0.1, -0.05) is 19.1 Å². The number of benzene rings is 1. The molecular weight excluding hydrogens is 136 g/mol. The van der Waals surface area contributed by atoms with E-state index in [0.717, 1.165) is 17.7 Å². The third-order valence-electron chi connectivity index (χ3n) is 1.80. The van der Waals surface area contributed by atoms with Gasteiger partial charge in [0, 0.05) is 0 Å². The lowest BCUT2D eigenvalue weighted by Crippen LogP contribution is -1.92. The van der Waals surface area contributed by atoms with Gasteiger partial charge >= 0.3 is 0 Å². The first-order chi connectivity index (χ1) is 5.29. The molecule has 0 aromatic heterocycles. The van der Waals surface area contributed by atoms with E-state index in [9.17, 15) is 0 Å². The lowest BCUT2D eigenvalue weighted by atomic mass is 10.1. The molecule has 1 heteroatoms. The highest BCUT2D eigenvalue weighted by molar-refractivity contribution is 5.41. The van der Waals surface area contributed by atoms with Crippen LogP contribution in [0.4, 0.5) is 0 Å². The fraction of sp³-hybridized carbons (Fsp3) is 0.300. The normalized spacial score (nSPS) is 9.73. The molecule has 1 rings (SSSR count). The van der Waals surface area contributed by atoms with Crippen molar-refractivity contribution >= 4 is 0 Å². The summed E-state index contributed by atoms with van der Waals surface area (Å²) in [4.78, 5) is 0. The molecule has 0 amide bonds. The molecule has 0 aliphatic heterocycles. The SMILES string of the molecule is [CH2]c1cccc(OC)c1CC. The van der Waals surface area contributed by atoms with Crippen LogP contribution in [0.1, 0.15) is 18.1 Å². The average molecular weight is 149 g/mol. The quantitative estimate of drug-likeness (QED) is 0.627. The molecule has 0 spiro atoms. The maximum absolute atomic E-state index is 5.18. The van der Waals surface area contributed by atoms with Crippen molar-refractivity contribution in [2.45, 2.75) is 13.3 Å². The van der Waals surface area contributed by atoms with Gasteiger partial charge in [-0.05, 0) is 30.5 Å². The predicted octanol–water partition coefficient (Wildman–Crippen LogP) is 2.44. The number of rotatable bonds is 2. The Morgan fingerprint density at radius 1 is 1.45 bits per heavy atom. The van der Waals surface area contributed by atoms with E-state index < -0.39 is 0 Å². The average Bonchev–Trinajstić information content (AvgIpc) is 2.04. The number of ether oxygens (including phenoxy) is 1. The Morgan fingerprint density at radius 3 is 2.64 bits per heavy atom. The van der Waals surface area contributed by atoms with E-state index in [1.165, 1.54) is 5.56 Å². The lowest BCUT2D eigenvalue weighted by molar-refractivity contribution is 0.410. The standard InChI is InChI=1S/C10H13O/c1-4-9-8(2)6-5-7-10(9)11-3/h5-7H,2,4H2,1,3H3. The second-order valence-electron chi connectivity index (χ2n) is 2.45. The molecule has 1 radical (unpaired) electrons. The molecule has 1 nitrogen and oxygen atoms in total. The molecular formula is C10H13O. The molecule has 11 heavy (non-hydrogen) atoms. The van der Waals surface area contributed by atoms with E-state index in [4.69, 9.17) is 4.74 Å². The summed E-state index contributed by atoms with van der Waals surface area (Å²) in [7, 11) is 1.69.